The fourth-order valence-electron chi connectivity index (χ4n) is 1.06. The van der Waals surface area contributed by atoms with Crippen LogP contribution < -0.4 is 0 Å². The number of nitrogens with zero attached hydrogens (tertiary/aromatic N) is 1. The van der Waals surface area contributed by atoms with Crippen LogP contribution in [0.25, 0.3) is 0 Å². The lowest BCUT2D eigenvalue weighted by Crippen LogP contribution is -2.44. The van der Waals surface area contributed by atoms with Crippen LogP contribution in [0.1, 0.15) is 6.42 Å². The smallest absolute Gasteiger partial charge is 0.302 e. The summed E-state index contributed by atoms with van der Waals surface area (Å²) in [7, 11) is -4.12. The summed E-state index contributed by atoms with van der Waals surface area (Å²) in [5.74, 6) is -0.105. The number of rotatable bonds is 1. The fraction of sp³-hybridized carbons (Fsp3) is 0.400. The van der Waals surface area contributed by atoms with Gasteiger partial charge >= 0.3 is 10.1 Å². The second-order valence-electron chi connectivity index (χ2n) is 2.50. The predicted octanol–water partition coefficient (Wildman–Crippen LogP) is -0.0217. The number of amides is 1. The maximum Gasteiger partial charge on any atom is 0.302 e. The van der Waals surface area contributed by atoms with Gasteiger partial charge in [-0.05, 0) is 0 Å². The van der Waals surface area contributed by atoms with Crippen molar-refractivity contribution in [2.45, 2.75) is 11.8 Å². The molecule has 2 rings (SSSR count). The molecule has 0 bridgehead atoms. The third-order valence-electron chi connectivity index (χ3n) is 1.70. The van der Waals surface area contributed by atoms with E-state index in [0.717, 1.165) is 11.8 Å². The molecular formula is C5H5NO4S2. The zero-order valence-corrected chi connectivity index (χ0v) is 7.43. The summed E-state index contributed by atoms with van der Waals surface area (Å²) in [5, 5.41) is -0.116. The van der Waals surface area contributed by atoms with Crippen LogP contribution in [0.5, 0.6) is 0 Å². The lowest BCUT2D eigenvalue weighted by atomic mass is 10.2. The Morgan fingerprint density at radius 3 is 2.75 bits per heavy atom. The lowest BCUT2D eigenvalue weighted by molar-refractivity contribution is -0.137. The van der Waals surface area contributed by atoms with Crippen LogP contribution >= 0.6 is 11.8 Å². The molecule has 0 aromatic rings. The molecule has 1 saturated heterocycles. The SMILES string of the molecule is O=C1C[C@H]2SC(S(=O)(=O)O)=CN12. The first-order valence-corrected chi connectivity index (χ1v) is 5.47. The van der Waals surface area contributed by atoms with E-state index in [-0.39, 0.29) is 15.5 Å². The maximum atomic E-state index is 10.8. The van der Waals surface area contributed by atoms with Gasteiger partial charge in [-0.1, -0.05) is 11.8 Å². The summed E-state index contributed by atoms with van der Waals surface area (Å²) in [6, 6.07) is 0. The van der Waals surface area contributed by atoms with Crippen LogP contribution in [0.4, 0.5) is 0 Å². The van der Waals surface area contributed by atoms with Crippen LogP contribution in [-0.4, -0.2) is 29.2 Å². The van der Waals surface area contributed by atoms with Crippen molar-refractivity contribution in [3.8, 4) is 0 Å². The molecule has 0 unspecified atom stereocenters. The van der Waals surface area contributed by atoms with Crippen LogP contribution in [0.2, 0.25) is 0 Å². The van der Waals surface area contributed by atoms with E-state index >= 15 is 0 Å². The van der Waals surface area contributed by atoms with Gasteiger partial charge in [-0.25, -0.2) is 0 Å². The van der Waals surface area contributed by atoms with Gasteiger partial charge in [0.15, 0.2) is 0 Å². The summed E-state index contributed by atoms with van der Waals surface area (Å²) < 4.78 is 29.6. The van der Waals surface area contributed by atoms with E-state index in [4.69, 9.17) is 4.55 Å². The van der Waals surface area contributed by atoms with Gasteiger partial charge in [0.2, 0.25) is 5.91 Å². The molecule has 0 spiro atoms. The second-order valence-corrected chi connectivity index (χ2v) is 5.37. The molecule has 0 aromatic heterocycles. The van der Waals surface area contributed by atoms with Crippen molar-refractivity contribution in [2.75, 3.05) is 0 Å². The standard InChI is InChI=1S/C5H5NO4S2/c7-3-1-4-6(3)2-5(11-4)12(8,9)10/h2,4H,1H2,(H,8,9,10)/t4-/m1/s1. The lowest BCUT2D eigenvalue weighted by Gasteiger charge is -2.31. The number of hydrogen-bond donors (Lipinski definition) is 1. The van der Waals surface area contributed by atoms with Gasteiger partial charge in [-0.2, -0.15) is 8.42 Å². The Balaban J connectivity index is 2.29. The molecule has 0 aromatic carbocycles. The Labute approximate surface area is 73.2 Å². The fourth-order valence-corrected chi connectivity index (χ4v) is 3.09. The second kappa shape index (κ2) is 2.24. The average molecular weight is 207 g/mol. The van der Waals surface area contributed by atoms with E-state index in [0.29, 0.717) is 6.42 Å². The third-order valence-corrected chi connectivity index (χ3v) is 4.24. The number of β-lactam (4-membered cyclic amide) rings is 1. The molecule has 1 atom stereocenters. The highest BCUT2D eigenvalue weighted by Crippen LogP contribution is 2.43. The zero-order chi connectivity index (χ0) is 8.93. The van der Waals surface area contributed by atoms with E-state index < -0.39 is 10.1 Å². The number of carbonyl (C=O) groups excluding carboxylic acids is 1. The molecule has 1 fully saturated rings. The monoisotopic (exact) mass is 207 g/mol. The molecule has 0 saturated carbocycles. The Kier molecular flexibility index (Phi) is 1.51. The maximum absolute atomic E-state index is 10.8. The number of thioether (sulfide) groups is 1. The molecule has 12 heavy (non-hydrogen) atoms. The molecule has 2 aliphatic heterocycles. The first kappa shape index (κ1) is 8.09. The van der Waals surface area contributed by atoms with Crippen molar-refractivity contribution in [2.24, 2.45) is 0 Å². The summed E-state index contributed by atoms with van der Waals surface area (Å²) >= 11 is 0.999. The van der Waals surface area contributed by atoms with Crippen LogP contribution in [0.3, 0.4) is 0 Å². The van der Waals surface area contributed by atoms with Gasteiger partial charge < -0.3 is 4.90 Å². The molecule has 7 heteroatoms. The van der Waals surface area contributed by atoms with Crippen molar-refractivity contribution in [1.82, 2.24) is 4.90 Å². The highest BCUT2D eigenvalue weighted by molar-refractivity contribution is 8.17. The van der Waals surface area contributed by atoms with E-state index in [9.17, 15) is 13.2 Å². The van der Waals surface area contributed by atoms with Crippen molar-refractivity contribution in [3.63, 3.8) is 0 Å². The first-order valence-electron chi connectivity index (χ1n) is 3.15. The van der Waals surface area contributed by atoms with Crippen molar-refractivity contribution in [3.05, 3.63) is 10.4 Å². The van der Waals surface area contributed by atoms with Gasteiger partial charge in [0.25, 0.3) is 0 Å². The quantitative estimate of drug-likeness (QED) is 0.483. The molecule has 0 radical (unpaired) electrons. The van der Waals surface area contributed by atoms with Gasteiger partial charge in [-0.3, -0.25) is 9.35 Å². The first-order chi connectivity index (χ1) is 5.48. The zero-order valence-electron chi connectivity index (χ0n) is 5.80. The normalized spacial score (nSPS) is 28.1. The minimum Gasteiger partial charge on any atom is -0.304 e. The molecular weight excluding hydrogens is 202 g/mol. The van der Waals surface area contributed by atoms with Gasteiger partial charge in [0.05, 0.1) is 11.8 Å². The predicted molar refractivity (Wildman–Crippen MR) is 42.5 cm³/mol. The van der Waals surface area contributed by atoms with Crippen molar-refractivity contribution in [1.29, 1.82) is 0 Å². The van der Waals surface area contributed by atoms with Gasteiger partial charge in [0.1, 0.15) is 4.24 Å². The summed E-state index contributed by atoms with van der Waals surface area (Å²) in [6.45, 7) is 0. The van der Waals surface area contributed by atoms with E-state index in [1.807, 2.05) is 0 Å². The third kappa shape index (κ3) is 1.05. The summed E-state index contributed by atoms with van der Waals surface area (Å²) in [4.78, 5) is 12.1. The molecule has 2 heterocycles. The molecule has 2 aliphatic rings. The summed E-state index contributed by atoms with van der Waals surface area (Å²) in [6.07, 6.45) is 1.52. The number of fused-ring (bicyclic) bond motifs is 1. The molecule has 1 N–H and O–H groups in total. The molecule has 0 aliphatic carbocycles. The highest BCUT2D eigenvalue weighted by Gasteiger charge is 2.43. The largest absolute Gasteiger partial charge is 0.304 e. The Bertz CT molecular complexity index is 371. The Hall–Kier alpha value is -0.530. The Morgan fingerprint density at radius 1 is 1.67 bits per heavy atom. The van der Waals surface area contributed by atoms with Crippen LogP contribution in [0.15, 0.2) is 10.4 Å². The average Bonchev–Trinajstić information content (AvgIpc) is 2.24. The van der Waals surface area contributed by atoms with E-state index in [2.05, 4.69) is 0 Å². The minimum atomic E-state index is -4.12. The summed E-state index contributed by atoms with van der Waals surface area (Å²) in [5.41, 5.74) is 0. The topological polar surface area (TPSA) is 74.7 Å². The van der Waals surface area contributed by atoms with Crippen molar-refractivity contribution >= 4 is 27.8 Å². The van der Waals surface area contributed by atoms with Gasteiger partial charge in [0, 0.05) is 6.20 Å². The van der Waals surface area contributed by atoms with Crippen molar-refractivity contribution < 1.29 is 17.8 Å². The molecule has 66 valence electrons. The number of hydrogen-bond acceptors (Lipinski definition) is 4. The number of carbonyl (C=O) groups is 1. The molecule has 1 amide bonds. The van der Waals surface area contributed by atoms with E-state index in [1.165, 1.54) is 11.1 Å². The minimum absolute atomic E-state index is 0.105. The Morgan fingerprint density at radius 2 is 2.33 bits per heavy atom. The molecule has 5 nitrogen and oxygen atoms in total. The van der Waals surface area contributed by atoms with Gasteiger partial charge in [-0.15, -0.1) is 0 Å². The van der Waals surface area contributed by atoms with Crippen LogP contribution in [-0.2, 0) is 14.9 Å². The highest BCUT2D eigenvalue weighted by atomic mass is 32.3. The van der Waals surface area contributed by atoms with E-state index in [1.54, 1.807) is 0 Å². The van der Waals surface area contributed by atoms with Crippen LogP contribution in [0, 0.1) is 0 Å².